The van der Waals surface area contributed by atoms with E-state index >= 15 is 0 Å². The average Bonchev–Trinajstić information content (AvgIpc) is 2.66. The molecule has 2 N–H and O–H groups in total. The summed E-state index contributed by atoms with van der Waals surface area (Å²) < 4.78 is 52.7. The van der Waals surface area contributed by atoms with Gasteiger partial charge in [-0.3, -0.25) is 14.6 Å². The van der Waals surface area contributed by atoms with Crippen LogP contribution >= 0.6 is 0 Å². The third-order valence-corrected chi connectivity index (χ3v) is 3.97. The van der Waals surface area contributed by atoms with Crippen molar-refractivity contribution in [1.82, 2.24) is 15.3 Å². The summed E-state index contributed by atoms with van der Waals surface area (Å²) in [6.45, 7) is 0. The van der Waals surface area contributed by atoms with Crippen molar-refractivity contribution in [1.29, 1.82) is 0 Å². The van der Waals surface area contributed by atoms with E-state index in [1.807, 2.05) is 0 Å². The number of H-pyrrole nitrogens is 1. The summed E-state index contributed by atoms with van der Waals surface area (Å²) in [5, 5.41) is 2.46. The molecule has 144 valence electrons. The van der Waals surface area contributed by atoms with Gasteiger partial charge in [-0.25, -0.2) is 4.39 Å². The van der Waals surface area contributed by atoms with E-state index in [-0.39, 0.29) is 16.8 Å². The van der Waals surface area contributed by atoms with Crippen LogP contribution in [0.5, 0.6) is 0 Å². The molecule has 9 heteroatoms. The molecule has 0 saturated heterocycles. The van der Waals surface area contributed by atoms with Gasteiger partial charge in [-0.15, -0.1) is 0 Å². The Labute approximate surface area is 156 Å². The van der Waals surface area contributed by atoms with Gasteiger partial charge in [0.2, 0.25) is 0 Å². The fraction of sp³-hybridized carbons (Fsp3) is 0.105. The van der Waals surface area contributed by atoms with Crippen LogP contribution in [0.3, 0.4) is 0 Å². The highest BCUT2D eigenvalue weighted by atomic mass is 19.4. The number of carbonyl (C=O) groups is 1. The molecular formula is C19H13F4N3O2. The van der Waals surface area contributed by atoms with Gasteiger partial charge in [0.1, 0.15) is 17.1 Å². The van der Waals surface area contributed by atoms with E-state index in [2.05, 4.69) is 15.3 Å². The lowest BCUT2D eigenvalue weighted by Crippen LogP contribution is -2.34. The van der Waals surface area contributed by atoms with E-state index in [0.717, 1.165) is 30.3 Å². The Morgan fingerprint density at radius 1 is 1.07 bits per heavy atom. The highest BCUT2D eigenvalue weighted by Gasteiger charge is 2.31. The number of nitrogens with zero attached hydrogens (tertiary/aromatic N) is 1. The minimum Gasteiger partial charge on any atom is -0.339 e. The molecule has 0 aliphatic heterocycles. The lowest BCUT2D eigenvalue weighted by atomic mass is 10.0. The highest BCUT2D eigenvalue weighted by molar-refractivity contribution is 5.94. The van der Waals surface area contributed by atoms with Gasteiger partial charge in [-0.2, -0.15) is 13.2 Å². The number of aromatic nitrogens is 2. The molecular weight excluding hydrogens is 378 g/mol. The zero-order chi connectivity index (χ0) is 20.3. The molecule has 28 heavy (non-hydrogen) atoms. The zero-order valence-electron chi connectivity index (χ0n) is 14.1. The molecule has 0 aliphatic rings. The Bertz CT molecular complexity index is 1050. The first kappa shape index (κ1) is 19.3. The summed E-state index contributed by atoms with van der Waals surface area (Å²) >= 11 is 0. The Balaban J connectivity index is 2.01. The molecule has 3 rings (SSSR count). The van der Waals surface area contributed by atoms with E-state index in [0.29, 0.717) is 0 Å². The summed E-state index contributed by atoms with van der Waals surface area (Å²) in [6, 6.07) is 7.85. The van der Waals surface area contributed by atoms with E-state index in [1.54, 1.807) is 0 Å². The molecule has 3 aromatic rings. The number of benzene rings is 1. The first-order chi connectivity index (χ1) is 13.3. The van der Waals surface area contributed by atoms with E-state index in [1.165, 1.54) is 30.6 Å². The van der Waals surface area contributed by atoms with Crippen molar-refractivity contribution in [3.8, 4) is 0 Å². The van der Waals surface area contributed by atoms with Gasteiger partial charge in [0.25, 0.3) is 11.5 Å². The predicted molar refractivity (Wildman–Crippen MR) is 92.0 cm³/mol. The monoisotopic (exact) mass is 391 g/mol. The molecule has 2 heterocycles. The third-order valence-electron chi connectivity index (χ3n) is 3.97. The second kappa shape index (κ2) is 7.63. The molecule has 1 aromatic carbocycles. The highest BCUT2D eigenvalue weighted by Crippen LogP contribution is 2.31. The smallest absolute Gasteiger partial charge is 0.339 e. The number of hydrogen-bond donors (Lipinski definition) is 2. The van der Waals surface area contributed by atoms with Crippen LogP contribution in [0, 0.1) is 5.82 Å². The fourth-order valence-corrected chi connectivity index (χ4v) is 2.59. The summed E-state index contributed by atoms with van der Waals surface area (Å²) in [4.78, 5) is 30.5. The zero-order valence-corrected chi connectivity index (χ0v) is 14.1. The van der Waals surface area contributed by atoms with E-state index in [9.17, 15) is 27.2 Å². The van der Waals surface area contributed by atoms with Crippen molar-refractivity contribution in [2.75, 3.05) is 0 Å². The maximum atomic E-state index is 14.3. The van der Waals surface area contributed by atoms with Crippen LogP contribution in [0.15, 0.2) is 65.7 Å². The number of nitrogens with one attached hydrogen (secondary N) is 2. The number of alkyl halides is 3. The molecule has 0 saturated carbocycles. The Kier molecular flexibility index (Phi) is 5.25. The maximum absolute atomic E-state index is 14.3. The molecule has 1 unspecified atom stereocenters. The van der Waals surface area contributed by atoms with Gasteiger partial charge in [0.15, 0.2) is 0 Å². The van der Waals surface area contributed by atoms with Gasteiger partial charge in [0.05, 0.1) is 11.6 Å². The number of rotatable bonds is 4. The second-order valence-corrected chi connectivity index (χ2v) is 5.81. The van der Waals surface area contributed by atoms with Crippen LogP contribution < -0.4 is 10.9 Å². The molecule has 0 aliphatic carbocycles. The van der Waals surface area contributed by atoms with Crippen LogP contribution in [0.1, 0.15) is 33.2 Å². The standard InChI is InChI=1S/C19H13F4N3O2/c20-14-4-2-9-24-16(14)15(11-5-7-12(8-6-11)19(21,22)23)26-18(28)13-3-1-10-25-17(13)27/h1-10,15H,(H,25,27)(H,26,28). The minimum atomic E-state index is -4.54. The van der Waals surface area contributed by atoms with Crippen molar-refractivity contribution in [3.63, 3.8) is 0 Å². The summed E-state index contributed by atoms with van der Waals surface area (Å²) in [5.41, 5.74) is -1.79. The number of aromatic amines is 1. The van der Waals surface area contributed by atoms with Crippen molar-refractivity contribution in [2.24, 2.45) is 0 Å². The predicted octanol–water partition coefficient (Wildman–Crippen LogP) is 3.45. The molecule has 5 nitrogen and oxygen atoms in total. The fourth-order valence-electron chi connectivity index (χ4n) is 2.59. The number of halogens is 4. The van der Waals surface area contributed by atoms with Gasteiger partial charge < -0.3 is 10.3 Å². The van der Waals surface area contributed by atoms with Crippen molar-refractivity contribution < 1.29 is 22.4 Å². The summed E-state index contributed by atoms with van der Waals surface area (Å²) in [7, 11) is 0. The van der Waals surface area contributed by atoms with Crippen LogP contribution in [0.2, 0.25) is 0 Å². The van der Waals surface area contributed by atoms with Gasteiger partial charge in [-0.1, -0.05) is 12.1 Å². The van der Waals surface area contributed by atoms with Gasteiger partial charge >= 0.3 is 6.18 Å². The average molecular weight is 391 g/mol. The van der Waals surface area contributed by atoms with Crippen molar-refractivity contribution in [3.05, 3.63) is 99.5 Å². The SMILES string of the molecule is O=C(NC(c1ccc(C(F)(F)F)cc1)c1ncccc1F)c1ccc[nH]c1=O. The topological polar surface area (TPSA) is 74.8 Å². The Morgan fingerprint density at radius 3 is 2.39 bits per heavy atom. The number of amides is 1. The van der Waals surface area contributed by atoms with Crippen molar-refractivity contribution >= 4 is 5.91 Å². The molecule has 1 atom stereocenters. The van der Waals surface area contributed by atoms with Gasteiger partial charge in [-0.05, 0) is 42.0 Å². The van der Waals surface area contributed by atoms with Crippen LogP contribution in [0.25, 0.3) is 0 Å². The van der Waals surface area contributed by atoms with Crippen LogP contribution in [0.4, 0.5) is 17.6 Å². The Hall–Kier alpha value is -3.49. The normalized spacial score (nSPS) is 12.4. The largest absolute Gasteiger partial charge is 0.416 e. The second-order valence-electron chi connectivity index (χ2n) is 5.81. The number of carbonyl (C=O) groups excluding carboxylic acids is 1. The van der Waals surface area contributed by atoms with Crippen molar-refractivity contribution in [2.45, 2.75) is 12.2 Å². The molecule has 0 spiro atoms. The maximum Gasteiger partial charge on any atom is 0.416 e. The van der Waals surface area contributed by atoms with Crippen LogP contribution in [-0.4, -0.2) is 15.9 Å². The number of pyridine rings is 2. The quantitative estimate of drug-likeness (QED) is 0.669. The minimum absolute atomic E-state index is 0.173. The summed E-state index contributed by atoms with van der Waals surface area (Å²) in [5.74, 6) is -1.58. The van der Waals surface area contributed by atoms with Gasteiger partial charge in [0, 0.05) is 12.4 Å². The lowest BCUT2D eigenvalue weighted by molar-refractivity contribution is -0.137. The molecule has 0 fully saturated rings. The molecule has 0 radical (unpaired) electrons. The first-order valence-corrected chi connectivity index (χ1v) is 8.03. The molecule has 0 bridgehead atoms. The molecule has 2 aromatic heterocycles. The first-order valence-electron chi connectivity index (χ1n) is 8.03. The molecule has 1 amide bonds. The Morgan fingerprint density at radius 2 is 1.79 bits per heavy atom. The third kappa shape index (κ3) is 4.08. The number of hydrogen-bond acceptors (Lipinski definition) is 3. The summed E-state index contributed by atoms with van der Waals surface area (Å²) in [6.07, 6.45) is -1.91. The lowest BCUT2D eigenvalue weighted by Gasteiger charge is -2.20. The van der Waals surface area contributed by atoms with Crippen LogP contribution in [-0.2, 0) is 6.18 Å². The van der Waals surface area contributed by atoms with E-state index < -0.39 is 35.1 Å². The van der Waals surface area contributed by atoms with E-state index in [4.69, 9.17) is 0 Å².